The molecule has 0 spiro atoms. The molecule has 2 heteroatoms. The maximum atomic E-state index is 3.89. The molecular weight excluding hydrogens is 376 g/mol. The first-order valence-electron chi connectivity index (χ1n) is 10.6. The van der Waals surface area contributed by atoms with E-state index in [-0.39, 0.29) is 7.43 Å². The Hall–Kier alpha value is -3.00. The van der Waals surface area contributed by atoms with Crippen molar-refractivity contribution >= 4 is 11.4 Å². The topological polar surface area (TPSA) is 6.48 Å². The van der Waals surface area contributed by atoms with Crippen molar-refractivity contribution in [3.8, 4) is 0 Å². The Morgan fingerprint density at radius 3 is 1.48 bits per heavy atom. The quantitative estimate of drug-likeness (QED) is 0.338. The molecule has 0 unspecified atom stereocenters. The maximum absolute atomic E-state index is 3.89. The highest BCUT2D eigenvalue weighted by Gasteiger charge is 2.12. The summed E-state index contributed by atoms with van der Waals surface area (Å²) >= 11 is 0. The van der Waals surface area contributed by atoms with E-state index in [1.807, 2.05) is 24.3 Å². The van der Waals surface area contributed by atoms with Gasteiger partial charge in [0.25, 0.3) is 0 Å². The minimum absolute atomic E-state index is 0. The Morgan fingerprint density at radius 2 is 1.06 bits per heavy atom. The molecule has 0 radical (unpaired) electrons. The van der Waals surface area contributed by atoms with Gasteiger partial charge < -0.3 is 9.80 Å². The molecule has 2 aromatic rings. The van der Waals surface area contributed by atoms with Gasteiger partial charge in [-0.1, -0.05) is 37.8 Å². The molecule has 2 nitrogen and oxygen atoms in total. The van der Waals surface area contributed by atoms with Crippen LogP contribution in [0.2, 0.25) is 0 Å². The Labute approximate surface area is 190 Å². The van der Waals surface area contributed by atoms with Crippen LogP contribution in [0.5, 0.6) is 0 Å². The van der Waals surface area contributed by atoms with Crippen molar-refractivity contribution in [1.82, 2.24) is 0 Å². The fraction of sp³-hybridized carbons (Fsp3) is 0.310. The molecule has 0 aromatic heterocycles. The van der Waals surface area contributed by atoms with Gasteiger partial charge in [0.1, 0.15) is 0 Å². The normalized spacial score (nSPS) is 10.0. The molecule has 0 aliphatic heterocycles. The third-order valence-corrected chi connectivity index (χ3v) is 5.50. The van der Waals surface area contributed by atoms with Crippen LogP contribution in [0.3, 0.4) is 0 Å². The number of rotatable bonds is 12. The van der Waals surface area contributed by atoms with E-state index in [2.05, 4.69) is 87.2 Å². The average Bonchev–Trinajstić information content (AvgIpc) is 2.71. The van der Waals surface area contributed by atoms with Crippen molar-refractivity contribution < 1.29 is 0 Å². The highest BCUT2D eigenvalue weighted by atomic mass is 15.1. The summed E-state index contributed by atoms with van der Waals surface area (Å²) < 4.78 is 0. The van der Waals surface area contributed by atoms with E-state index in [1.165, 1.54) is 39.2 Å². The zero-order chi connectivity index (χ0) is 22.1. The van der Waals surface area contributed by atoms with Crippen LogP contribution in [0.4, 0.5) is 11.4 Å². The smallest absolute Gasteiger partial charge is 0.0377 e. The third-order valence-electron chi connectivity index (χ3n) is 5.50. The number of hydrogen-bond acceptors (Lipinski definition) is 2. The summed E-state index contributed by atoms with van der Waals surface area (Å²) in [5.41, 5.74) is 9.17. The van der Waals surface area contributed by atoms with Gasteiger partial charge in [-0.05, 0) is 79.3 Å². The third kappa shape index (κ3) is 6.75. The highest BCUT2D eigenvalue weighted by molar-refractivity contribution is 5.57. The summed E-state index contributed by atoms with van der Waals surface area (Å²) in [7, 11) is 0. The second-order valence-electron chi connectivity index (χ2n) is 7.81. The van der Waals surface area contributed by atoms with E-state index >= 15 is 0 Å². The first-order chi connectivity index (χ1) is 14.4. The summed E-state index contributed by atoms with van der Waals surface area (Å²) in [6, 6.07) is 11.3. The molecule has 0 saturated heterocycles. The lowest BCUT2D eigenvalue weighted by Gasteiger charge is -2.25. The summed E-state index contributed by atoms with van der Waals surface area (Å²) in [5, 5.41) is 0. The molecule has 0 amide bonds. The molecule has 0 N–H and O–H groups in total. The number of benzene rings is 2. The number of anilines is 2. The van der Waals surface area contributed by atoms with Crippen LogP contribution >= 0.6 is 0 Å². The zero-order valence-electron chi connectivity index (χ0n) is 19.0. The molecule has 0 atom stereocenters. The molecule has 0 aliphatic rings. The minimum Gasteiger partial charge on any atom is -0.364 e. The van der Waals surface area contributed by atoms with Crippen molar-refractivity contribution in [1.29, 1.82) is 0 Å². The fourth-order valence-corrected chi connectivity index (χ4v) is 3.89. The van der Waals surface area contributed by atoms with Gasteiger partial charge in [0.05, 0.1) is 0 Å². The van der Waals surface area contributed by atoms with Gasteiger partial charge in [-0.25, -0.2) is 0 Å². The van der Waals surface area contributed by atoms with Crippen molar-refractivity contribution in [2.24, 2.45) is 0 Å². The molecule has 2 rings (SSSR count). The van der Waals surface area contributed by atoms with E-state index in [4.69, 9.17) is 0 Å². The number of nitrogens with zero attached hydrogens (tertiary/aromatic N) is 2. The van der Waals surface area contributed by atoms with Gasteiger partial charge in [-0.3, -0.25) is 0 Å². The van der Waals surface area contributed by atoms with Crippen LogP contribution in [0.15, 0.2) is 81.0 Å². The van der Waals surface area contributed by atoms with E-state index in [0.717, 1.165) is 32.6 Å². The lowest BCUT2D eigenvalue weighted by atomic mass is 9.93. The Morgan fingerprint density at radius 1 is 0.645 bits per heavy atom. The van der Waals surface area contributed by atoms with E-state index < -0.39 is 0 Å². The number of aryl methyl sites for hydroxylation is 3. The van der Waals surface area contributed by atoms with Crippen LogP contribution in [-0.2, 0) is 6.42 Å². The molecule has 0 aliphatic carbocycles. The summed E-state index contributed by atoms with van der Waals surface area (Å²) in [6.07, 6.45) is 8.69. The molecular formula is C29H40N2. The average molecular weight is 417 g/mol. The van der Waals surface area contributed by atoms with E-state index in [1.54, 1.807) is 0 Å². The maximum Gasteiger partial charge on any atom is 0.0377 e. The minimum atomic E-state index is 0. The van der Waals surface area contributed by atoms with Gasteiger partial charge in [0.15, 0.2) is 0 Å². The molecule has 166 valence electrons. The molecule has 31 heavy (non-hydrogen) atoms. The van der Waals surface area contributed by atoms with Crippen LogP contribution in [-0.4, -0.2) is 26.2 Å². The SMILES string of the molecule is C.C=CCN(CC=C)c1ccc(Cc2c(C)cc(N(CC=C)CC=C)cc2C)c(C)c1. The first kappa shape index (κ1) is 26.0. The van der Waals surface area contributed by atoms with E-state index in [9.17, 15) is 0 Å². The van der Waals surface area contributed by atoms with Crippen molar-refractivity contribution in [2.75, 3.05) is 36.0 Å². The molecule has 2 aromatic carbocycles. The predicted molar refractivity (Wildman–Crippen MR) is 142 cm³/mol. The van der Waals surface area contributed by atoms with Crippen LogP contribution < -0.4 is 9.80 Å². The number of hydrogen-bond donors (Lipinski definition) is 0. The zero-order valence-corrected chi connectivity index (χ0v) is 19.0. The fourth-order valence-electron chi connectivity index (χ4n) is 3.89. The van der Waals surface area contributed by atoms with Crippen LogP contribution in [0.1, 0.15) is 35.2 Å². The molecule has 0 fully saturated rings. The van der Waals surface area contributed by atoms with Crippen molar-refractivity contribution in [2.45, 2.75) is 34.6 Å². The van der Waals surface area contributed by atoms with Gasteiger partial charge in [-0.15, -0.1) is 26.3 Å². The highest BCUT2D eigenvalue weighted by Crippen LogP contribution is 2.28. The second kappa shape index (κ2) is 12.6. The molecule has 0 saturated carbocycles. The van der Waals surface area contributed by atoms with Crippen LogP contribution in [0.25, 0.3) is 0 Å². The van der Waals surface area contributed by atoms with Crippen molar-refractivity contribution in [3.63, 3.8) is 0 Å². The molecule has 0 bridgehead atoms. The summed E-state index contributed by atoms with van der Waals surface area (Å²) in [6.45, 7) is 25.4. The lowest BCUT2D eigenvalue weighted by Crippen LogP contribution is -2.23. The Balaban J connectivity index is 0.00000480. The van der Waals surface area contributed by atoms with E-state index in [0.29, 0.717) is 0 Å². The first-order valence-corrected chi connectivity index (χ1v) is 10.6. The van der Waals surface area contributed by atoms with Crippen LogP contribution in [0, 0.1) is 20.8 Å². The predicted octanol–water partition coefficient (Wildman–Crippen LogP) is 7.20. The largest absolute Gasteiger partial charge is 0.364 e. The second-order valence-corrected chi connectivity index (χ2v) is 7.81. The Bertz CT molecular complexity index is 864. The van der Waals surface area contributed by atoms with Gasteiger partial charge in [0.2, 0.25) is 0 Å². The summed E-state index contributed by atoms with van der Waals surface area (Å²) in [4.78, 5) is 4.56. The van der Waals surface area contributed by atoms with Gasteiger partial charge in [-0.2, -0.15) is 0 Å². The Kier molecular flexibility index (Phi) is 10.6. The van der Waals surface area contributed by atoms with Gasteiger partial charge in [0, 0.05) is 37.6 Å². The van der Waals surface area contributed by atoms with Gasteiger partial charge >= 0.3 is 0 Å². The summed E-state index contributed by atoms with van der Waals surface area (Å²) in [5.74, 6) is 0. The van der Waals surface area contributed by atoms with Crippen molar-refractivity contribution in [3.05, 3.63) is 109 Å². The standard InChI is InChI=1S/C28H36N2.CH4/c1-8-14-29(15-9-2)26-13-12-25(22(5)18-26)21-28-23(6)19-27(20-24(28)7)30(16-10-3)17-11-4;/h8-13,18-20H,1-4,14-17,21H2,5-7H3;1H4. The lowest BCUT2D eigenvalue weighted by molar-refractivity contribution is 0.947. The monoisotopic (exact) mass is 416 g/mol. The molecule has 0 heterocycles.